The fourth-order valence-corrected chi connectivity index (χ4v) is 3.86. The van der Waals surface area contributed by atoms with E-state index in [1.807, 2.05) is 0 Å². The molecule has 0 radical (unpaired) electrons. The second-order valence-corrected chi connectivity index (χ2v) is 7.24. The third kappa shape index (κ3) is 4.61. The van der Waals surface area contributed by atoms with E-state index in [2.05, 4.69) is 64.7 Å². The van der Waals surface area contributed by atoms with E-state index in [1.165, 1.54) is 29.0 Å². The number of aliphatic hydroxyl groups excluding tert-OH is 1. The summed E-state index contributed by atoms with van der Waals surface area (Å²) in [6.45, 7) is 5.19. The Hall–Kier alpha value is -1.80. The predicted molar refractivity (Wildman–Crippen MR) is 102 cm³/mol. The number of piperidine rings is 1. The minimum atomic E-state index is -0.0804. The summed E-state index contributed by atoms with van der Waals surface area (Å²) in [7, 11) is 0. The van der Waals surface area contributed by atoms with Gasteiger partial charge >= 0.3 is 0 Å². The predicted octanol–water partition coefficient (Wildman–Crippen LogP) is 3.16. The average Bonchev–Trinajstić information content (AvgIpc) is 3.06. The van der Waals surface area contributed by atoms with Crippen LogP contribution in [-0.2, 0) is 6.54 Å². The Balaban J connectivity index is 1.46. The summed E-state index contributed by atoms with van der Waals surface area (Å²) in [5, 5.41) is 14.5. The Morgan fingerprint density at radius 3 is 2.88 bits per heavy atom. The number of benzene rings is 1. The minimum Gasteiger partial charge on any atom is -0.384 e. The van der Waals surface area contributed by atoms with Crippen LogP contribution in [0, 0.1) is 18.8 Å². The first-order valence-corrected chi connectivity index (χ1v) is 9.34. The van der Waals surface area contributed by atoms with Crippen molar-refractivity contribution < 1.29 is 5.11 Å². The van der Waals surface area contributed by atoms with Gasteiger partial charge in [-0.15, -0.1) is 11.3 Å². The molecule has 1 aliphatic rings. The van der Waals surface area contributed by atoms with E-state index in [4.69, 9.17) is 5.11 Å². The molecule has 0 spiro atoms. The monoisotopic (exact) mass is 340 g/mol. The molecule has 0 aliphatic carbocycles. The van der Waals surface area contributed by atoms with Crippen LogP contribution in [0.1, 0.15) is 28.8 Å². The standard InChI is InChI=1S/C20H24N2OS/c1-16-4-2-6-19(12-16)22-9-7-18(8-10-22)21-14-20-13-17(15-24-20)5-3-11-23/h2,4,6,12-13,15,18,21,23H,7-11,14H2,1H3. The maximum absolute atomic E-state index is 8.74. The maximum atomic E-state index is 8.74. The van der Waals surface area contributed by atoms with E-state index < -0.39 is 0 Å². The highest BCUT2D eigenvalue weighted by Crippen LogP contribution is 2.21. The second kappa shape index (κ2) is 8.34. The van der Waals surface area contributed by atoms with Crippen LogP contribution in [0.5, 0.6) is 0 Å². The minimum absolute atomic E-state index is 0.0804. The quantitative estimate of drug-likeness (QED) is 0.839. The number of nitrogens with zero attached hydrogens (tertiary/aromatic N) is 1. The van der Waals surface area contributed by atoms with Crippen molar-refractivity contribution >= 4 is 17.0 Å². The molecule has 1 saturated heterocycles. The lowest BCUT2D eigenvalue weighted by Crippen LogP contribution is -2.42. The second-order valence-electron chi connectivity index (χ2n) is 6.24. The molecule has 2 N–H and O–H groups in total. The van der Waals surface area contributed by atoms with Gasteiger partial charge in [0.2, 0.25) is 0 Å². The third-order valence-electron chi connectivity index (χ3n) is 4.39. The zero-order chi connectivity index (χ0) is 16.8. The first kappa shape index (κ1) is 17.0. The van der Waals surface area contributed by atoms with Crippen LogP contribution in [0.2, 0.25) is 0 Å². The lowest BCUT2D eigenvalue weighted by molar-refractivity contribution is 0.350. The maximum Gasteiger partial charge on any atom is 0.104 e. The van der Waals surface area contributed by atoms with E-state index in [9.17, 15) is 0 Å². The smallest absolute Gasteiger partial charge is 0.104 e. The van der Waals surface area contributed by atoms with Crippen LogP contribution in [-0.4, -0.2) is 30.8 Å². The summed E-state index contributed by atoms with van der Waals surface area (Å²) < 4.78 is 0. The largest absolute Gasteiger partial charge is 0.384 e. The number of rotatable bonds is 4. The molecule has 4 heteroatoms. The van der Waals surface area contributed by atoms with Gasteiger partial charge in [0, 0.05) is 47.2 Å². The molecule has 2 aromatic rings. The highest BCUT2D eigenvalue weighted by molar-refractivity contribution is 7.10. The zero-order valence-corrected chi connectivity index (χ0v) is 14.9. The molecule has 2 heterocycles. The SMILES string of the molecule is Cc1cccc(N2CCC(NCc3cc(C#CCO)cs3)CC2)c1. The molecular weight excluding hydrogens is 316 g/mol. The van der Waals surface area contributed by atoms with E-state index >= 15 is 0 Å². The van der Waals surface area contributed by atoms with Gasteiger partial charge in [0.25, 0.3) is 0 Å². The number of hydrogen-bond donors (Lipinski definition) is 2. The third-order valence-corrected chi connectivity index (χ3v) is 5.33. The van der Waals surface area contributed by atoms with E-state index in [0.29, 0.717) is 6.04 Å². The molecule has 0 saturated carbocycles. The van der Waals surface area contributed by atoms with E-state index in [1.54, 1.807) is 11.3 Å². The summed E-state index contributed by atoms with van der Waals surface area (Å²) in [5.41, 5.74) is 3.67. The molecular formula is C20H24N2OS. The van der Waals surface area contributed by atoms with Gasteiger partial charge in [0.15, 0.2) is 0 Å². The van der Waals surface area contributed by atoms with Crippen LogP contribution in [0.15, 0.2) is 35.7 Å². The number of hydrogen-bond acceptors (Lipinski definition) is 4. The van der Waals surface area contributed by atoms with Gasteiger partial charge in [0.05, 0.1) is 0 Å². The summed E-state index contributed by atoms with van der Waals surface area (Å²) >= 11 is 1.73. The highest BCUT2D eigenvalue weighted by atomic mass is 32.1. The van der Waals surface area contributed by atoms with Crippen molar-refractivity contribution in [1.82, 2.24) is 5.32 Å². The van der Waals surface area contributed by atoms with Crippen LogP contribution < -0.4 is 10.2 Å². The number of thiophene rings is 1. The molecule has 1 aromatic heterocycles. The molecule has 126 valence electrons. The molecule has 0 bridgehead atoms. The molecule has 1 aliphatic heterocycles. The van der Waals surface area contributed by atoms with Gasteiger partial charge in [0.1, 0.15) is 6.61 Å². The fourth-order valence-electron chi connectivity index (χ4n) is 3.09. The normalized spacial score (nSPS) is 15.2. The fraction of sp³-hybridized carbons (Fsp3) is 0.400. The molecule has 0 amide bonds. The Labute approximate surface area is 148 Å². The topological polar surface area (TPSA) is 35.5 Å². The van der Waals surface area contributed by atoms with Gasteiger partial charge in [-0.05, 0) is 43.5 Å². The highest BCUT2D eigenvalue weighted by Gasteiger charge is 2.19. The summed E-state index contributed by atoms with van der Waals surface area (Å²) in [6, 6.07) is 11.5. The van der Waals surface area contributed by atoms with Crippen LogP contribution in [0.3, 0.4) is 0 Å². The Bertz CT molecular complexity index is 720. The van der Waals surface area contributed by atoms with Gasteiger partial charge in [-0.2, -0.15) is 0 Å². The lowest BCUT2D eigenvalue weighted by atomic mass is 10.0. The van der Waals surface area contributed by atoms with Gasteiger partial charge in [-0.3, -0.25) is 0 Å². The van der Waals surface area contributed by atoms with E-state index in [-0.39, 0.29) is 6.61 Å². The number of aryl methyl sites for hydroxylation is 1. The first-order valence-electron chi connectivity index (χ1n) is 8.47. The van der Waals surface area contributed by atoms with E-state index in [0.717, 1.165) is 25.2 Å². The van der Waals surface area contributed by atoms with Crippen molar-refractivity contribution in [2.24, 2.45) is 0 Å². The molecule has 3 nitrogen and oxygen atoms in total. The Morgan fingerprint density at radius 1 is 1.29 bits per heavy atom. The lowest BCUT2D eigenvalue weighted by Gasteiger charge is -2.34. The first-order chi connectivity index (χ1) is 11.7. The number of nitrogens with one attached hydrogen (secondary N) is 1. The number of anilines is 1. The Morgan fingerprint density at radius 2 is 2.12 bits per heavy atom. The van der Waals surface area contributed by atoms with Crippen molar-refractivity contribution in [2.45, 2.75) is 32.4 Å². The average molecular weight is 340 g/mol. The van der Waals surface area contributed by atoms with Gasteiger partial charge in [-0.25, -0.2) is 0 Å². The van der Waals surface area contributed by atoms with Crippen molar-refractivity contribution in [3.8, 4) is 11.8 Å². The molecule has 3 rings (SSSR count). The van der Waals surface area contributed by atoms with Crippen LogP contribution >= 0.6 is 11.3 Å². The van der Waals surface area contributed by atoms with Crippen molar-refractivity contribution in [3.63, 3.8) is 0 Å². The number of aliphatic hydroxyl groups is 1. The Kier molecular flexibility index (Phi) is 5.92. The summed E-state index contributed by atoms with van der Waals surface area (Å²) in [6.07, 6.45) is 2.35. The van der Waals surface area contributed by atoms with Crippen LogP contribution in [0.25, 0.3) is 0 Å². The summed E-state index contributed by atoms with van der Waals surface area (Å²) in [4.78, 5) is 3.79. The molecule has 1 fully saturated rings. The van der Waals surface area contributed by atoms with Crippen LogP contribution in [0.4, 0.5) is 5.69 Å². The molecule has 0 unspecified atom stereocenters. The van der Waals surface area contributed by atoms with Gasteiger partial charge in [-0.1, -0.05) is 24.0 Å². The van der Waals surface area contributed by atoms with Crippen molar-refractivity contribution in [2.75, 3.05) is 24.6 Å². The van der Waals surface area contributed by atoms with Gasteiger partial charge < -0.3 is 15.3 Å². The molecule has 0 atom stereocenters. The zero-order valence-electron chi connectivity index (χ0n) is 14.1. The van der Waals surface area contributed by atoms with Crippen molar-refractivity contribution in [1.29, 1.82) is 0 Å². The summed E-state index contributed by atoms with van der Waals surface area (Å²) in [5.74, 6) is 5.65. The molecule has 1 aromatic carbocycles. The van der Waals surface area contributed by atoms with Crippen molar-refractivity contribution in [3.05, 3.63) is 51.7 Å². The molecule has 24 heavy (non-hydrogen) atoms.